The molecule has 0 aromatic heterocycles. The van der Waals surface area contributed by atoms with Crippen LogP contribution in [-0.4, -0.2) is 19.1 Å². The van der Waals surface area contributed by atoms with Crippen molar-refractivity contribution < 1.29 is 18.4 Å². The van der Waals surface area contributed by atoms with E-state index in [0.29, 0.717) is 6.42 Å². The lowest BCUT2D eigenvalue weighted by atomic mass is 10.2. The van der Waals surface area contributed by atoms with Gasteiger partial charge in [-0.1, -0.05) is 67.7 Å². The van der Waals surface area contributed by atoms with Gasteiger partial charge in [0.15, 0.2) is 0 Å². The van der Waals surface area contributed by atoms with Crippen LogP contribution < -0.4 is 5.32 Å². The van der Waals surface area contributed by atoms with E-state index < -0.39 is 7.91 Å². The van der Waals surface area contributed by atoms with Gasteiger partial charge in [0.1, 0.15) is 0 Å². The molecule has 28 heavy (non-hydrogen) atoms. The molecule has 0 atom stereocenters. The second-order valence-corrected chi connectivity index (χ2v) is 6.71. The van der Waals surface area contributed by atoms with E-state index in [1.54, 1.807) is 0 Å². The Morgan fingerprint density at radius 2 is 1.32 bits per heavy atom. The standard InChI is InChI=1S/C22H34NO4P/c1-2-3-4-5-6-7-8-9-10-11-12-13-14-15-16-17-18-19-22(24)23-20-21-27-28(25)26/h3-4,6-7,9-10,12-13,15-16H,2,5,8,11,14,17-21H2,1H3,(H,23,24)/b4-3?,7-6?,10-9?,13-12?,16-15-. The molecule has 0 aromatic carbocycles. The first-order valence-corrected chi connectivity index (χ1v) is 11.0. The third-order valence-electron chi connectivity index (χ3n) is 3.55. The highest BCUT2D eigenvalue weighted by Gasteiger charge is 1.99. The monoisotopic (exact) mass is 407 g/mol. The second kappa shape index (κ2) is 21.3. The molecule has 0 saturated carbocycles. The third-order valence-corrected chi connectivity index (χ3v) is 3.95. The zero-order valence-corrected chi connectivity index (χ0v) is 17.8. The highest BCUT2D eigenvalue weighted by Crippen LogP contribution is 2.03. The van der Waals surface area contributed by atoms with Gasteiger partial charge in [-0.2, -0.15) is 0 Å². The number of carbonyl (C=O) groups excluding carboxylic acids is 1. The lowest BCUT2D eigenvalue weighted by Gasteiger charge is -2.02. The molecule has 0 aromatic rings. The van der Waals surface area contributed by atoms with Crippen LogP contribution in [0.25, 0.3) is 0 Å². The van der Waals surface area contributed by atoms with Gasteiger partial charge in [0.25, 0.3) is 0 Å². The van der Waals surface area contributed by atoms with E-state index in [0.717, 1.165) is 44.9 Å². The van der Waals surface area contributed by atoms with Crippen LogP contribution in [0.15, 0.2) is 60.8 Å². The molecule has 1 N–H and O–H groups in total. The van der Waals surface area contributed by atoms with E-state index in [1.807, 2.05) is 0 Å². The molecule has 0 saturated heterocycles. The molecular formula is C22H34NO4P. The number of unbranched alkanes of at least 4 members (excludes halogenated alkanes) is 1. The van der Waals surface area contributed by atoms with Crippen molar-refractivity contribution in [3.63, 3.8) is 0 Å². The van der Waals surface area contributed by atoms with Crippen molar-refractivity contribution >= 4 is 13.8 Å². The number of allylic oxidation sites excluding steroid dienone is 10. The van der Waals surface area contributed by atoms with Crippen molar-refractivity contribution in [2.45, 2.75) is 58.3 Å². The molecule has 156 valence electrons. The van der Waals surface area contributed by atoms with Crippen LogP contribution in [0.4, 0.5) is 0 Å². The fourth-order valence-corrected chi connectivity index (χ4v) is 2.39. The van der Waals surface area contributed by atoms with Gasteiger partial charge >= 0.3 is 7.91 Å². The lowest BCUT2D eigenvalue weighted by molar-refractivity contribution is -0.121. The van der Waals surface area contributed by atoms with E-state index in [9.17, 15) is 13.9 Å². The molecule has 1 amide bonds. The summed E-state index contributed by atoms with van der Waals surface area (Å²) in [5.41, 5.74) is 0. The maximum Gasteiger partial charge on any atom is 0.468 e. The average Bonchev–Trinajstić information content (AvgIpc) is 2.67. The number of hydrogen-bond donors (Lipinski definition) is 1. The van der Waals surface area contributed by atoms with Gasteiger partial charge < -0.3 is 5.32 Å². The molecule has 0 radical (unpaired) electrons. The Hall–Kier alpha value is -1.97. The smallest absolute Gasteiger partial charge is 0.354 e. The summed E-state index contributed by atoms with van der Waals surface area (Å²) in [5.74, 6) is -0.0860. The Bertz CT molecular complexity index is 594. The van der Waals surface area contributed by atoms with Gasteiger partial charge in [-0.25, -0.2) is 9.13 Å². The lowest BCUT2D eigenvalue weighted by Crippen LogP contribution is -2.26. The van der Waals surface area contributed by atoms with Crippen molar-refractivity contribution in [1.29, 1.82) is 0 Å². The van der Waals surface area contributed by atoms with Crippen molar-refractivity contribution in [1.82, 2.24) is 5.32 Å². The maximum absolute atomic E-state index is 11.5. The van der Waals surface area contributed by atoms with Gasteiger partial charge in [-0.3, -0.25) is 9.32 Å². The molecule has 0 fully saturated rings. The Balaban J connectivity index is 3.52. The molecule has 0 aliphatic carbocycles. The quantitative estimate of drug-likeness (QED) is 0.179. The zero-order valence-electron chi connectivity index (χ0n) is 16.9. The summed E-state index contributed by atoms with van der Waals surface area (Å²) < 4.78 is 24.7. The fraction of sp³-hybridized carbons (Fsp3) is 0.500. The first-order chi connectivity index (χ1) is 13.7. The SMILES string of the molecule is CCC=CCC=CCC=CCC=CC/C=C\CCCC(=O)NCCOP(=O)=O. The molecule has 0 bridgehead atoms. The van der Waals surface area contributed by atoms with E-state index in [4.69, 9.17) is 0 Å². The topological polar surface area (TPSA) is 72.5 Å². The summed E-state index contributed by atoms with van der Waals surface area (Å²) >= 11 is 0. The van der Waals surface area contributed by atoms with Crippen LogP contribution in [0.5, 0.6) is 0 Å². The predicted octanol–water partition coefficient (Wildman–Crippen LogP) is 6.13. The summed E-state index contributed by atoms with van der Waals surface area (Å²) in [5, 5.41) is 2.61. The molecule has 0 spiro atoms. The molecule has 0 aliphatic heterocycles. The highest BCUT2D eigenvalue weighted by molar-refractivity contribution is 7.24. The van der Waals surface area contributed by atoms with Crippen molar-refractivity contribution in [2.24, 2.45) is 0 Å². The van der Waals surface area contributed by atoms with Crippen LogP contribution in [0.1, 0.15) is 58.3 Å². The Morgan fingerprint density at radius 1 is 0.821 bits per heavy atom. The summed E-state index contributed by atoms with van der Waals surface area (Å²) in [4.78, 5) is 11.5. The Labute approximate surface area is 170 Å². The largest absolute Gasteiger partial charge is 0.468 e. The van der Waals surface area contributed by atoms with Crippen LogP contribution in [0.3, 0.4) is 0 Å². The number of carbonyl (C=O) groups is 1. The zero-order chi connectivity index (χ0) is 20.7. The van der Waals surface area contributed by atoms with E-state index >= 15 is 0 Å². The Morgan fingerprint density at radius 3 is 1.82 bits per heavy atom. The summed E-state index contributed by atoms with van der Waals surface area (Å²) in [6, 6.07) is 0. The molecule has 0 heterocycles. The number of rotatable bonds is 17. The molecular weight excluding hydrogens is 373 g/mol. The van der Waals surface area contributed by atoms with Gasteiger partial charge in [0.2, 0.25) is 5.91 Å². The number of nitrogens with one attached hydrogen (secondary N) is 1. The Kier molecular flexibility index (Phi) is 19.8. The van der Waals surface area contributed by atoms with Crippen LogP contribution >= 0.6 is 7.91 Å². The maximum atomic E-state index is 11.5. The highest BCUT2D eigenvalue weighted by atomic mass is 31.1. The molecule has 0 unspecified atom stereocenters. The third kappa shape index (κ3) is 22.1. The number of hydrogen-bond acceptors (Lipinski definition) is 4. The van der Waals surface area contributed by atoms with Gasteiger partial charge in [-0.05, 0) is 44.9 Å². The van der Waals surface area contributed by atoms with Crippen LogP contribution in [-0.2, 0) is 18.4 Å². The van der Waals surface area contributed by atoms with Crippen LogP contribution in [0, 0.1) is 0 Å². The van der Waals surface area contributed by atoms with E-state index in [2.05, 4.69) is 77.5 Å². The first kappa shape index (κ1) is 26.0. The number of amides is 1. The molecule has 0 aliphatic rings. The normalized spacial score (nSPS) is 12.3. The summed E-state index contributed by atoms with van der Waals surface area (Å²) in [6.45, 7) is 2.34. The minimum atomic E-state index is -2.84. The van der Waals surface area contributed by atoms with Gasteiger partial charge in [0.05, 0.1) is 6.61 Å². The molecule has 5 nitrogen and oxygen atoms in total. The fourth-order valence-electron chi connectivity index (χ4n) is 2.15. The first-order valence-electron chi connectivity index (χ1n) is 9.95. The molecule has 0 rings (SSSR count). The summed E-state index contributed by atoms with van der Waals surface area (Å²) in [7, 11) is -2.84. The average molecular weight is 407 g/mol. The van der Waals surface area contributed by atoms with Crippen molar-refractivity contribution in [2.75, 3.05) is 13.2 Å². The van der Waals surface area contributed by atoms with Gasteiger partial charge in [0, 0.05) is 13.0 Å². The molecule has 6 heteroatoms. The van der Waals surface area contributed by atoms with Crippen molar-refractivity contribution in [3.05, 3.63) is 60.8 Å². The second-order valence-electron chi connectivity index (χ2n) is 6.01. The minimum absolute atomic E-state index is 0.0147. The van der Waals surface area contributed by atoms with Crippen molar-refractivity contribution in [3.8, 4) is 0 Å². The minimum Gasteiger partial charge on any atom is -0.354 e. The van der Waals surface area contributed by atoms with Crippen LogP contribution in [0.2, 0.25) is 0 Å². The predicted molar refractivity (Wildman–Crippen MR) is 116 cm³/mol. The van der Waals surface area contributed by atoms with E-state index in [1.165, 1.54) is 0 Å². The van der Waals surface area contributed by atoms with Gasteiger partial charge in [-0.15, -0.1) is 0 Å². The summed E-state index contributed by atoms with van der Waals surface area (Å²) in [6.07, 6.45) is 28.5. The van der Waals surface area contributed by atoms with E-state index in [-0.39, 0.29) is 19.1 Å².